The molecule has 10 heteroatoms. The summed E-state index contributed by atoms with van der Waals surface area (Å²) >= 11 is 0. The van der Waals surface area contributed by atoms with E-state index in [1.807, 2.05) is 34.6 Å². The third-order valence-corrected chi connectivity index (χ3v) is 5.94. The minimum Gasteiger partial charge on any atom is -0.468 e. The normalized spacial score (nSPS) is 12.5. The van der Waals surface area contributed by atoms with Gasteiger partial charge in [0, 0.05) is 19.4 Å². The molecule has 0 spiro atoms. The van der Waals surface area contributed by atoms with Crippen molar-refractivity contribution >= 4 is 24.1 Å². The van der Waals surface area contributed by atoms with Crippen LogP contribution in [0.5, 0.6) is 11.5 Å². The van der Waals surface area contributed by atoms with Crippen LogP contribution in [0, 0.1) is 11.8 Å². The van der Waals surface area contributed by atoms with Crippen LogP contribution in [0.25, 0.3) is 0 Å². The van der Waals surface area contributed by atoms with Crippen molar-refractivity contribution in [3.8, 4) is 11.5 Å². The summed E-state index contributed by atoms with van der Waals surface area (Å²) in [4.78, 5) is 49.1. The maximum absolute atomic E-state index is 12.5. The van der Waals surface area contributed by atoms with Crippen LogP contribution < -0.4 is 14.8 Å². The molecule has 0 saturated carbocycles. The topological polar surface area (TPSA) is 126 Å². The maximum Gasteiger partial charge on any atom is 0.508 e. The molecule has 226 valence electrons. The summed E-state index contributed by atoms with van der Waals surface area (Å²) in [6.07, 6.45) is 2.59. The summed E-state index contributed by atoms with van der Waals surface area (Å²) in [7, 11) is 1.28. The summed E-state index contributed by atoms with van der Waals surface area (Å²) in [5.74, 6) is -0.458. The Morgan fingerprint density at radius 2 is 1.45 bits per heavy atom. The average Bonchev–Trinajstić information content (AvgIpc) is 2.89. The molecular formula is C30H47NO9. The van der Waals surface area contributed by atoms with Gasteiger partial charge >= 0.3 is 24.1 Å². The lowest BCUT2D eigenvalue weighted by Crippen LogP contribution is -2.41. The Kier molecular flexibility index (Phi) is 16.6. The summed E-state index contributed by atoms with van der Waals surface area (Å²) in [5.41, 5.74) is 0.644. The minimum absolute atomic E-state index is 0.00481. The molecule has 0 fully saturated rings. The van der Waals surface area contributed by atoms with E-state index in [9.17, 15) is 19.2 Å². The van der Waals surface area contributed by atoms with Crippen LogP contribution in [-0.2, 0) is 35.0 Å². The highest BCUT2D eigenvalue weighted by Gasteiger charge is 2.22. The van der Waals surface area contributed by atoms with Crippen LogP contribution in [0.2, 0.25) is 0 Å². The van der Waals surface area contributed by atoms with Gasteiger partial charge in [0.2, 0.25) is 0 Å². The summed E-state index contributed by atoms with van der Waals surface area (Å²) < 4.78 is 26.2. The monoisotopic (exact) mass is 565 g/mol. The van der Waals surface area contributed by atoms with Crippen LogP contribution in [0.4, 0.5) is 4.79 Å². The Morgan fingerprint density at radius 3 is 2.00 bits per heavy atom. The molecule has 0 radical (unpaired) electrons. The van der Waals surface area contributed by atoms with E-state index >= 15 is 0 Å². The predicted molar refractivity (Wildman–Crippen MR) is 150 cm³/mol. The molecule has 1 aromatic carbocycles. The Labute approximate surface area is 238 Å². The lowest BCUT2D eigenvalue weighted by molar-refractivity contribution is -0.143. The molecule has 0 aliphatic carbocycles. The van der Waals surface area contributed by atoms with Crippen molar-refractivity contribution in [1.82, 2.24) is 5.32 Å². The van der Waals surface area contributed by atoms with Gasteiger partial charge in [-0.25, -0.2) is 4.79 Å². The average molecular weight is 566 g/mol. The van der Waals surface area contributed by atoms with Gasteiger partial charge in [-0.1, -0.05) is 47.1 Å². The highest BCUT2D eigenvalue weighted by atomic mass is 16.7. The van der Waals surface area contributed by atoms with Crippen molar-refractivity contribution < 1.29 is 42.9 Å². The van der Waals surface area contributed by atoms with Gasteiger partial charge in [0.1, 0.15) is 18.8 Å². The molecule has 0 aliphatic rings. The van der Waals surface area contributed by atoms with Crippen LogP contribution in [0.1, 0.15) is 85.6 Å². The molecule has 0 heterocycles. The number of nitrogens with one attached hydrogen (secondary N) is 1. The molecule has 10 nitrogen and oxygen atoms in total. The Bertz CT molecular complexity index is 945. The zero-order valence-corrected chi connectivity index (χ0v) is 25.1. The van der Waals surface area contributed by atoms with Crippen LogP contribution in [0.15, 0.2) is 18.2 Å². The minimum atomic E-state index is -0.771. The van der Waals surface area contributed by atoms with E-state index in [1.54, 1.807) is 25.1 Å². The maximum atomic E-state index is 12.5. The van der Waals surface area contributed by atoms with Crippen molar-refractivity contribution in [2.24, 2.45) is 11.8 Å². The number of carbonyl (C=O) groups is 4. The number of hydrogen-bond acceptors (Lipinski definition) is 10. The van der Waals surface area contributed by atoms with E-state index in [2.05, 4.69) is 5.32 Å². The number of ether oxygens (including phenoxy) is 5. The first-order chi connectivity index (χ1) is 18.9. The van der Waals surface area contributed by atoms with Crippen LogP contribution in [-0.4, -0.2) is 56.5 Å². The fourth-order valence-electron chi connectivity index (χ4n) is 3.65. The SMILES string of the molecule is CCCC(C)OC(=O)OCCN[C@@H](Cc1ccc(OC(=O)CCC(C)C)c(OC(=O)CCC(C)C)c1)C(=O)OC. The van der Waals surface area contributed by atoms with E-state index in [4.69, 9.17) is 23.7 Å². The van der Waals surface area contributed by atoms with Crippen molar-refractivity contribution in [2.75, 3.05) is 20.3 Å². The number of esters is 3. The number of methoxy groups -OCH3 is 1. The van der Waals surface area contributed by atoms with Gasteiger partial charge in [0.15, 0.2) is 11.5 Å². The molecule has 40 heavy (non-hydrogen) atoms. The molecule has 1 rings (SSSR count). The smallest absolute Gasteiger partial charge is 0.468 e. The van der Waals surface area contributed by atoms with Crippen molar-refractivity contribution in [3.63, 3.8) is 0 Å². The fraction of sp³-hybridized carbons (Fsp3) is 0.667. The molecule has 0 bridgehead atoms. The Hall–Kier alpha value is -3.14. The van der Waals surface area contributed by atoms with Gasteiger partial charge in [-0.15, -0.1) is 0 Å². The molecular weight excluding hydrogens is 518 g/mol. The van der Waals surface area contributed by atoms with E-state index in [1.165, 1.54) is 7.11 Å². The molecule has 0 aliphatic heterocycles. The number of benzene rings is 1. The molecule has 0 saturated heterocycles. The summed E-state index contributed by atoms with van der Waals surface area (Å²) in [6.45, 7) is 12.0. The summed E-state index contributed by atoms with van der Waals surface area (Å²) in [5, 5.41) is 3.02. The molecule has 0 amide bonds. The van der Waals surface area contributed by atoms with Crippen molar-refractivity contribution in [1.29, 1.82) is 0 Å². The molecule has 1 N–H and O–H groups in total. The fourth-order valence-corrected chi connectivity index (χ4v) is 3.65. The quantitative estimate of drug-likeness (QED) is 0.141. The number of hydrogen-bond donors (Lipinski definition) is 1. The molecule has 1 aromatic rings. The third-order valence-electron chi connectivity index (χ3n) is 5.94. The second-order valence-corrected chi connectivity index (χ2v) is 10.6. The molecule has 2 atom stereocenters. The lowest BCUT2D eigenvalue weighted by atomic mass is 10.0. The van der Waals surface area contributed by atoms with Gasteiger partial charge < -0.3 is 29.0 Å². The Morgan fingerprint density at radius 1 is 0.850 bits per heavy atom. The predicted octanol–water partition coefficient (Wildman–Crippen LogP) is 5.39. The standard InChI is InChI=1S/C30H47NO9/c1-8-9-22(6)38-30(35)37-17-16-31-24(29(34)36-7)18-23-12-13-25(39-27(32)14-10-20(2)3)26(19-23)40-28(33)15-11-21(4)5/h12-13,19-22,24,31H,8-11,14-18H2,1-7H3/t22?,24-/m0/s1. The second-order valence-electron chi connectivity index (χ2n) is 10.6. The number of rotatable bonds is 18. The van der Waals surface area contributed by atoms with E-state index in [-0.39, 0.29) is 50.0 Å². The molecule has 0 aromatic heterocycles. The second kappa shape index (κ2) is 19.0. The van der Waals surface area contributed by atoms with Crippen LogP contribution in [0.3, 0.4) is 0 Å². The van der Waals surface area contributed by atoms with Crippen molar-refractivity contribution in [2.45, 2.75) is 98.6 Å². The van der Waals surface area contributed by atoms with E-state index in [0.29, 0.717) is 30.2 Å². The van der Waals surface area contributed by atoms with E-state index < -0.39 is 30.1 Å². The third kappa shape index (κ3) is 14.9. The van der Waals surface area contributed by atoms with Crippen LogP contribution >= 0.6 is 0 Å². The van der Waals surface area contributed by atoms with Gasteiger partial charge in [0.25, 0.3) is 0 Å². The van der Waals surface area contributed by atoms with Gasteiger partial charge in [-0.05, 0) is 62.1 Å². The largest absolute Gasteiger partial charge is 0.508 e. The Balaban J connectivity index is 2.93. The first-order valence-electron chi connectivity index (χ1n) is 14.1. The first-order valence-corrected chi connectivity index (χ1v) is 14.1. The highest BCUT2D eigenvalue weighted by Crippen LogP contribution is 2.30. The van der Waals surface area contributed by atoms with Gasteiger partial charge in [-0.3, -0.25) is 14.4 Å². The number of carbonyl (C=O) groups excluding carboxylic acids is 4. The lowest BCUT2D eigenvalue weighted by Gasteiger charge is -2.18. The van der Waals surface area contributed by atoms with Gasteiger partial charge in [-0.2, -0.15) is 0 Å². The zero-order chi connectivity index (χ0) is 30.1. The summed E-state index contributed by atoms with van der Waals surface area (Å²) in [6, 6.07) is 4.06. The first kappa shape index (κ1) is 34.9. The zero-order valence-electron chi connectivity index (χ0n) is 25.1. The van der Waals surface area contributed by atoms with Crippen molar-refractivity contribution in [3.05, 3.63) is 23.8 Å². The van der Waals surface area contributed by atoms with Gasteiger partial charge in [0.05, 0.1) is 7.11 Å². The highest BCUT2D eigenvalue weighted by molar-refractivity contribution is 5.77. The van der Waals surface area contributed by atoms with E-state index in [0.717, 1.165) is 12.8 Å². The molecule has 1 unspecified atom stereocenters.